The molecule has 0 fully saturated rings. The van der Waals surface area contributed by atoms with Crippen LogP contribution >= 0.6 is 12.0 Å². The summed E-state index contributed by atoms with van der Waals surface area (Å²) in [4.78, 5) is 0. The van der Waals surface area contributed by atoms with Crippen molar-refractivity contribution in [1.82, 2.24) is 5.32 Å². The highest BCUT2D eigenvalue weighted by Gasteiger charge is 2.03. The molecule has 0 aliphatic carbocycles. The monoisotopic (exact) mass is 243 g/mol. The fourth-order valence-corrected chi connectivity index (χ4v) is 1.99. The van der Waals surface area contributed by atoms with Gasteiger partial charge in [-0.3, -0.25) is 4.55 Å². The largest absolute Gasteiger partial charge is 0.408 e. The predicted octanol–water partition coefficient (Wildman–Crippen LogP) is 1.23. The van der Waals surface area contributed by atoms with Gasteiger partial charge in [-0.05, 0) is 26.4 Å². The van der Waals surface area contributed by atoms with Gasteiger partial charge in [0.05, 0.1) is 0 Å². The Balaban J connectivity index is 3.07. The van der Waals surface area contributed by atoms with Gasteiger partial charge >= 0.3 is 10.4 Å². The Morgan fingerprint density at radius 1 is 1.29 bits per heavy atom. The van der Waals surface area contributed by atoms with Crippen molar-refractivity contribution in [2.24, 2.45) is 0 Å². The van der Waals surface area contributed by atoms with Gasteiger partial charge in [-0.1, -0.05) is 12.8 Å². The Labute approximate surface area is 89.8 Å². The summed E-state index contributed by atoms with van der Waals surface area (Å²) in [6.07, 6.45) is 4.18. The van der Waals surface area contributed by atoms with Gasteiger partial charge in [0.1, 0.15) is 0 Å². The highest BCUT2D eigenvalue weighted by atomic mass is 32.3. The Bertz CT molecular complexity index is 218. The van der Waals surface area contributed by atoms with Gasteiger partial charge in [0.2, 0.25) is 0 Å². The molecule has 0 spiro atoms. The lowest BCUT2D eigenvalue weighted by Crippen LogP contribution is -2.06. The maximum absolute atomic E-state index is 10.1. The minimum atomic E-state index is -4.27. The van der Waals surface area contributed by atoms with E-state index in [9.17, 15) is 8.42 Å². The first-order valence-corrected chi connectivity index (χ1v) is 6.77. The van der Waals surface area contributed by atoms with E-state index in [0.717, 1.165) is 44.3 Å². The molecule has 0 rings (SSSR count). The Morgan fingerprint density at radius 2 is 1.93 bits per heavy atom. The summed E-state index contributed by atoms with van der Waals surface area (Å²) in [6, 6.07) is 0. The molecule has 0 aromatic heterocycles. The van der Waals surface area contributed by atoms with E-state index in [1.54, 1.807) is 0 Å². The lowest BCUT2D eigenvalue weighted by Gasteiger charge is -2.00. The lowest BCUT2D eigenvalue weighted by molar-refractivity contribution is 0.407. The van der Waals surface area contributed by atoms with Crippen LogP contribution in [-0.4, -0.2) is 32.3 Å². The van der Waals surface area contributed by atoms with Crippen molar-refractivity contribution in [3.05, 3.63) is 0 Å². The van der Waals surface area contributed by atoms with Crippen LogP contribution in [0.25, 0.3) is 0 Å². The van der Waals surface area contributed by atoms with Crippen molar-refractivity contribution in [3.63, 3.8) is 0 Å². The molecule has 0 bridgehead atoms. The first-order valence-electron chi connectivity index (χ1n) is 4.49. The van der Waals surface area contributed by atoms with Crippen molar-refractivity contribution in [1.29, 1.82) is 0 Å². The van der Waals surface area contributed by atoms with E-state index in [1.807, 2.05) is 7.05 Å². The van der Waals surface area contributed by atoms with Crippen LogP contribution in [0.1, 0.15) is 25.7 Å². The smallest absolute Gasteiger partial charge is 0.320 e. The summed E-state index contributed by atoms with van der Waals surface area (Å²) in [6.45, 7) is 1.01. The molecule has 14 heavy (non-hydrogen) atoms. The van der Waals surface area contributed by atoms with Crippen molar-refractivity contribution < 1.29 is 16.6 Å². The third kappa shape index (κ3) is 12.2. The molecule has 0 amide bonds. The van der Waals surface area contributed by atoms with Crippen LogP contribution in [-0.2, 0) is 14.0 Å². The van der Waals surface area contributed by atoms with Crippen LogP contribution in [0.3, 0.4) is 0 Å². The fraction of sp³-hybridized carbons (Fsp3) is 1.00. The molecule has 0 aliphatic rings. The predicted molar refractivity (Wildman–Crippen MR) is 57.5 cm³/mol. The molecule has 0 aromatic rings. The highest BCUT2D eigenvalue weighted by molar-refractivity contribution is 8.02. The molecule has 0 aliphatic heterocycles. The molecule has 0 aromatic carbocycles. The second-order valence-corrected chi connectivity index (χ2v) is 4.88. The van der Waals surface area contributed by atoms with Gasteiger partial charge in [0.25, 0.3) is 0 Å². The van der Waals surface area contributed by atoms with Crippen LogP contribution in [0.5, 0.6) is 0 Å². The molecule has 5 nitrogen and oxygen atoms in total. The van der Waals surface area contributed by atoms with E-state index in [-0.39, 0.29) is 0 Å². The molecule has 0 atom stereocenters. The van der Waals surface area contributed by atoms with E-state index in [1.165, 1.54) is 0 Å². The molecular weight excluding hydrogens is 226 g/mol. The Kier molecular flexibility index (Phi) is 8.59. The third-order valence-electron chi connectivity index (χ3n) is 1.54. The van der Waals surface area contributed by atoms with E-state index < -0.39 is 10.4 Å². The maximum atomic E-state index is 10.1. The zero-order valence-electron chi connectivity index (χ0n) is 8.23. The fourth-order valence-electron chi connectivity index (χ4n) is 0.911. The minimum Gasteiger partial charge on any atom is -0.320 e. The topological polar surface area (TPSA) is 75.6 Å². The summed E-state index contributed by atoms with van der Waals surface area (Å²) in [5.41, 5.74) is 0. The molecule has 2 N–H and O–H groups in total. The van der Waals surface area contributed by atoms with Crippen molar-refractivity contribution in [3.8, 4) is 0 Å². The SMILES string of the molecule is CNCCCCCCSOS(=O)(=O)O. The second-order valence-electron chi connectivity index (χ2n) is 2.84. The zero-order chi connectivity index (χ0) is 10.9. The summed E-state index contributed by atoms with van der Waals surface area (Å²) < 4.78 is 32.5. The highest BCUT2D eigenvalue weighted by Crippen LogP contribution is 2.10. The Hall–Kier alpha value is 0.180. The lowest BCUT2D eigenvalue weighted by atomic mass is 10.2. The van der Waals surface area contributed by atoms with Crippen LogP contribution in [0, 0.1) is 0 Å². The molecule has 0 saturated heterocycles. The van der Waals surface area contributed by atoms with Crippen molar-refractivity contribution in [2.75, 3.05) is 19.3 Å². The van der Waals surface area contributed by atoms with Gasteiger partial charge in [-0.25, -0.2) is 0 Å². The third-order valence-corrected chi connectivity index (χ3v) is 3.07. The van der Waals surface area contributed by atoms with E-state index in [4.69, 9.17) is 4.55 Å². The normalized spacial score (nSPS) is 11.9. The number of unbranched alkanes of at least 4 members (excludes halogenated alkanes) is 3. The summed E-state index contributed by atoms with van der Waals surface area (Å²) in [5, 5.41) is 3.05. The van der Waals surface area contributed by atoms with Gasteiger partial charge in [-0.2, -0.15) is 12.0 Å². The first-order chi connectivity index (χ1) is 6.56. The number of hydrogen-bond donors (Lipinski definition) is 2. The average molecular weight is 243 g/mol. The average Bonchev–Trinajstić information content (AvgIpc) is 2.08. The molecule has 0 heterocycles. The van der Waals surface area contributed by atoms with E-state index in [0.29, 0.717) is 5.75 Å². The van der Waals surface area contributed by atoms with Crippen molar-refractivity contribution >= 4 is 22.4 Å². The van der Waals surface area contributed by atoms with Crippen LogP contribution in [0.2, 0.25) is 0 Å². The number of hydrogen-bond acceptors (Lipinski definition) is 5. The first kappa shape index (κ1) is 14.2. The quantitative estimate of drug-likeness (QED) is 0.360. The molecular formula is C7H17NO4S2. The zero-order valence-corrected chi connectivity index (χ0v) is 9.86. The van der Waals surface area contributed by atoms with E-state index in [2.05, 4.69) is 8.95 Å². The standard InChI is InChI=1S/C7H17NO4S2/c1-8-6-4-2-3-5-7-13-12-14(9,10)11/h8H,2-7H2,1H3,(H,9,10,11). The molecule has 7 heteroatoms. The van der Waals surface area contributed by atoms with Gasteiger partial charge < -0.3 is 5.32 Å². The van der Waals surface area contributed by atoms with Gasteiger partial charge in [0, 0.05) is 17.8 Å². The number of rotatable bonds is 9. The van der Waals surface area contributed by atoms with Gasteiger partial charge in [0.15, 0.2) is 0 Å². The summed E-state index contributed by atoms with van der Waals surface area (Å²) in [7, 11) is -2.36. The van der Waals surface area contributed by atoms with Crippen LogP contribution < -0.4 is 5.32 Å². The molecule has 86 valence electrons. The summed E-state index contributed by atoms with van der Waals surface area (Å²) in [5.74, 6) is 0.583. The van der Waals surface area contributed by atoms with Gasteiger partial charge in [-0.15, -0.1) is 0 Å². The molecule has 0 saturated carbocycles. The van der Waals surface area contributed by atoms with Crippen molar-refractivity contribution in [2.45, 2.75) is 25.7 Å². The molecule has 0 unspecified atom stereocenters. The maximum Gasteiger partial charge on any atom is 0.408 e. The minimum absolute atomic E-state index is 0.583. The van der Waals surface area contributed by atoms with E-state index >= 15 is 0 Å². The summed E-state index contributed by atoms with van der Waals surface area (Å²) >= 11 is 0.770. The Morgan fingerprint density at radius 3 is 2.50 bits per heavy atom. The van der Waals surface area contributed by atoms with Crippen LogP contribution in [0.4, 0.5) is 0 Å². The second kappa shape index (κ2) is 8.49. The van der Waals surface area contributed by atoms with Crippen LogP contribution in [0.15, 0.2) is 0 Å². The number of nitrogens with one attached hydrogen (secondary N) is 1. The molecule has 0 radical (unpaired) electrons.